The summed E-state index contributed by atoms with van der Waals surface area (Å²) >= 11 is 3.58. The van der Waals surface area contributed by atoms with Crippen LogP contribution in [0.2, 0.25) is 0 Å². The van der Waals surface area contributed by atoms with Gasteiger partial charge < -0.3 is 4.74 Å². The third-order valence-electron chi connectivity index (χ3n) is 3.18. The minimum Gasteiger partial charge on any atom is -0.376 e. The van der Waals surface area contributed by atoms with Crippen LogP contribution in [0.25, 0.3) is 0 Å². The van der Waals surface area contributed by atoms with Gasteiger partial charge in [-0.3, -0.25) is 11.3 Å². The molecule has 0 heterocycles. The topological polar surface area (TPSA) is 47.3 Å². The lowest BCUT2D eigenvalue weighted by Gasteiger charge is -2.36. The Kier molecular flexibility index (Phi) is 6.47. The predicted molar refractivity (Wildman–Crippen MR) is 83.8 cm³/mol. The molecule has 0 saturated heterocycles. The molecule has 0 amide bonds. The van der Waals surface area contributed by atoms with Gasteiger partial charge in [-0.25, -0.2) is 0 Å². The van der Waals surface area contributed by atoms with Crippen LogP contribution in [0.3, 0.4) is 0 Å². The maximum atomic E-state index is 5.91. The van der Waals surface area contributed by atoms with E-state index in [9.17, 15) is 0 Å². The molecule has 0 fully saturated rings. The SMILES string of the molecule is CCOC(C(Cc1ccccc1Br)NN)C(C)(C)C. The minimum absolute atomic E-state index is 0.0360. The summed E-state index contributed by atoms with van der Waals surface area (Å²) in [4.78, 5) is 0. The molecule has 1 aromatic carbocycles. The summed E-state index contributed by atoms with van der Waals surface area (Å²) in [5, 5.41) is 0. The van der Waals surface area contributed by atoms with Crippen molar-refractivity contribution in [2.24, 2.45) is 11.3 Å². The molecule has 108 valence electrons. The number of ether oxygens (including phenoxy) is 1. The molecule has 1 rings (SSSR count). The third kappa shape index (κ3) is 4.88. The van der Waals surface area contributed by atoms with Crippen LogP contribution in [-0.2, 0) is 11.2 Å². The molecule has 0 spiro atoms. The fourth-order valence-electron chi connectivity index (χ4n) is 2.30. The number of rotatable bonds is 6. The monoisotopic (exact) mass is 328 g/mol. The molecule has 3 N–H and O–H groups in total. The average Bonchev–Trinajstić information content (AvgIpc) is 2.34. The van der Waals surface area contributed by atoms with Crippen molar-refractivity contribution in [1.82, 2.24) is 5.43 Å². The van der Waals surface area contributed by atoms with Gasteiger partial charge in [0.15, 0.2) is 0 Å². The van der Waals surface area contributed by atoms with Crippen molar-refractivity contribution >= 4 is 15.9 Å². The number of benzene rings is 1. The fourth-order valence-corrected chi connectivity index (χ4v) is 2.75. The van der Waals surface area contributed by atoms with E-state index in [1.165, 1.54) is 5.56 Å². The fraction of sp³-hybridized carbons (Fsp3) is 0.600. The quantitative estimate of drug-likeness (QED) is 0.622. The second-order valence-electron chi connectivity index (χ2n) is 5.81. The summed E-state index contributed by atoms with van der Waals surface area (Å²) in [6.07, 6.45) is 0.898. The highest BCUT2D eigenvalue weighted by Gasteiger charge is 2.32. The van der Waals surface area contributed by atoms with Crippen molar-refractivity contribution in [1.29, 1.82) is 0 Å². The molecule has 0 aliphatic rings. The molecule has 0 bridgehead atoms. The van der Waals surface area contributed by atoms with Crippen molar-refractivity contribution in [3.63, 3.8) is 0 Å². The van der Waals surface area contributed by atoms with E-state index in [4.69, 9.17) is 10.6 Å². The van der Waals surface area contributed by atoms with E-state index < -0.39 is 0 Å². The summed E-state index contributed by atoms with van der Waals surface area (Å²) in [5.41, 5.74) is 4.19. The summed E-state index contributed by atoms with van der Waals surface area (Å²) in [5.74, 6) is 5.75. The Bertz CT molecular complexity index is 390. The smallest absolute Gasteiger partial charge is 0.0792 e. The first-order valence-electron chi connectivity index (χ1n) is 6.71. The van der Waals surface area contributed by atoms with E-state index in [1.807, 2.05) is 19.1 Å². The number of hydrazine groups is 1. The number of halogens is 1. The highest BCUT2D eigenvalue weighted by atomic mass is 79.9. The van der Waals surface area contributed by atoms with Crippen LogP contribution in [0, 0.1) is 5.41 Å². The summed E-state index contributed by atoms with van der Waals surface area (Å²) < 4.78 is 7.02. The van der Waals surface area contributed by atoms with Gasteiger partial charge in [-0.2, -0.15) is 0 Å². The second-order valence-corrected chi connectivity index (χ2v) is 6.66. The Balaban J connectivity index is 2.89. The summed E-state index contributed by atoms with van der Waals surface area (Å²) in [6, 6.07) is 8.30. The van der Waals surface area contributed by atoms with Crippen LogP contribution in [0.15, 0.2) is 28.7 Å². The van der Waals surface area contributed by atoms with Crippen LogP contribution >= 0.6 is 15.9 Å². The van der Waals surface area contributed by atoms with Crippen LogP contribution in [0.1, 0.15) is 33.3 Å². The van der Waals surface area contributed by atoms with E-state index >= 15 is 0 Å². The summed E-state index contributed by atoms with van der Waals surface area (Å²) in [6.45, 7) is 9.24. The lowest BCUT2D eigenvalue weighted by Crippen LogP contribution is -2.52. The van der Waals surface area contributed by atoms with Gasteiger partial charge >= 0.3 is 0 Å². The molecule has 0 saturated carbocycles. The van der Waals surface area contributed by atoms with Gasteiger partial charge in [0.1, 0.15) is 0 Å². The zero-order chi connectivity index (χ0) is 14.5. The second kappa shape index (κ2) is 7.39. The van der Waals surface area contributed by atoms with Crippen LogP contribution in [0.5, 0.6) is 0 Å². The van der Waals surface area contributed by atoms with E-state index in [-0.39, 0.29) is 17.6 Å². The van der Waals surface area contributed by atoms with Gasteiger partial charge in [-0.1, -0.05) is 54.9 Å². The Hall–Kier alpha value is -0.420. The Morgan fingerprint density at radius 3 is 2.42 bits per heavy atom. The molecule has 3 nitrogen and oxygen atoms in total. The Morgan fingerprint density at radius 1 is 1.32 bits per heavy atom. The van der Waals surface area contributed by atoms with Crippen molar-refractivity contribution in [3.8, 4) is 0 Å². The predicted octanol–water partition coefficient (Wildman–Crippen LogP) is 3.27. The van der Waals surface area contributed by atoms with Crippen LogP contribution in [0.4, 0.5) is 0 Å². The van der Waals surface area contributed by atoms with Gasteiger partial charge in [0.05, 0.1) is 12.1 Å². The molecule has 2 atom stereocenters. The Morgan fingerprint density at radius 2 is 1.95 bits per heavy atom. The Labute approximate surface area is 125 Å². The van der Waals surface area contributed by atoms with Gasteiger partial charge in [0.25, 0.3) is 0 Å². The van der Waals surface area contributed by atoms with E-state index in [2.05, 4.69) is 54.3 Å². The average molecular weight is 329 g/mol. The molecule has 4 heteroatoms. The largest absolute Gasteiger partial charge is 0.376 e. The lowest BCUT2D eigenvalue weighted by atomic mass is 9.82. The molecule has 1 aromatic rings. The molecular formula is C15H25BrN2O. The maximum absolute atomic E-state index is 5.91. The maximum Gasteiger partial charge on any atom is 0.0792 e. The first kappa shape index (κ1) is 16.6. The zero-order valence-electron chi connectivity index (χ0n) is 12.2. The number of nitrogens with two attached hydrogens (primary N) is 1. The van der Waals surface area contributed by atoms with Crippen LogP contribution in [-0.4, -0.2) is 18.8 Å². The van der Waals surface area contributed by atoms with Gasteiger partial charge in [-0.15, -0.1) is 0 Å². The molecule has 0 aromatic heterocycles. The normalized spacial score (nSPS) is 15.3. The zero-order valence-corrected chi connectivity index (χ0v) is 13.8. The molecular weight excluding hydrogens is 304 g/mol. The molecule has 0 aliphatic carbocycles. The van der Waals surface area contributed by atoms with E-state index in [1.54, 1.807) is 0 Å². The highest BCUT2D eigenvalue weighted by Crippen LogP contribution is 2.28. The van der Waals surface area contributed by atoms with Crippen molar-refractivity contribution < 1.29 is 4.74 Å². The van der Waals surface area contributed by atoms with Crippen molar-refractivity contribution in [2.75, 3.05) is 6.61 Å². The molecule has 0 radical (unpaired) electrons. The molecule has 0 aliphatic heterocycles. The highest BCUT2D eigenvalue weighted by molar-refractivity contribution is 9.10. The first-order chi connectivity index (χ1) is 8.90. The first-order valence-corrected chi connectivity index (χ1v) is 7.50. The third-order valence-corrected chi connectivity index (χ3v) is 3.95. The number of nitrogens with one attached hydrogen (secondary N) is 1. The van der Waals surface area contributed by atoms with Crippen molar-refractivity contribution in [2.45, 2.75) is 46.3 Å². The van der Waals surface area contributed by atoms with E-state index in [0.29, 0.717) is 6.61 Å². The van der Waals surface area contributed by atoms with Gasteiger partial charge in [0.2, 0.25) is 0 Å². The van der Waals surface area contributed by atoms with Gasteiger partial charge in [-0.05, 0) is 30.4 Å². The van der Waals surface area contributed by atoms with E-state index in [0.717, 1.165) is 10.9 Å². The van der Waals surface area contributed by atoms with Crippen molar-refractivity contribution in [3.05, 3.63) is 34.3 Å². The molecule has 2 unspecified atom stereocenters. The number of hydrogen-bond acceptors (Lipinski definition) is 3. The molecule has 19 heavy (non-hydrogen) atoms. The number of hydrogen-bond donors (Lipinski definition) is 2. The van der Waals surface area contributed by atoms with Gasteiger partial charge in [0, 0.05) is 11.1 Å². The van der Waals surface area contributed by atoms with Crippen LogP contribution < -0.4 is 11.3 Å². The summed E-state index contributed by atoms with van der Waals surface area (Å²) in [7, 11) is 0. The lowest BCUT2D eigenvalue weighted by molar-refractivity contribution is -0.0356. The minimum atomic E-state index is 0.0360. The standard InChI is InChI=1S/C15H25BrN2O/c1-5-19-14(15(2,3)4)13(18-17)10-11-8-6-7-9-12(11)16/h6-9,13-14,18H,5,10,17H2,1-4H3.